The van der Waals surface area contributed by atoms with E-state index in [1.165, 1.54) is 12.8 Å². The number of nitrogens with zero attached hydrogens (tertiary/aromatic N) is 4. The van der Waals surface area contributed by atoms with Gasteiger partial charge in [-0.1, -0.05) is 12.1 Å². The lowest BCUT2D eigenvalue weighted by atomic mass is 9.97. The fourth-order valence-electron chi connectivity index (χ4n) is 6.22. The van der Waals surface area contributed by atoms with Crippen molar-refractivity contribution in [3.63, 3.8) is 0 Å². The van der Waals surface area contributed by atoms with Gasteiger partial charge in [0.2, 0.25) is 0 Å². The number of hydrogen-bond acceptors (Lipinski definition) is 7. The molecular formula is C30H40N6O3. The van der Waals surface area contributed by atoms with Gasteiger partial charge < -0.3 is 20.3 Å². The van der Waals surface area contributed by atoms with Crippen molar-refractivity contribution in [3.05, 3.63) is 65.2 Å². The quantitative estimate of drug-likeness (QED) is 0.321. The molecule has 39 heavy (non-hydrogen) atoms. The second-order valence-corrected chi connectivity index (χ2v) is 10.8. The number of rotatable bonds is 7. The molecule has 3 aliphatic heterocycles. The van der Waals surface area contributed by atoms with Crippen molar-refractivity contribution in [3.8, 4) is 0 Å². The number of nitrogen functional groups attached to an aromatic ring is 1. The molecule has 3 saturated heterocycles. The zero-order valence-electron chi connectivity index (χ0n) is 22.8. The number of nitrogens with one attached hydrogen (secondary N) is 1. The molecule has 0 radical (unpaired) electrons. The monoisotopic (exact) mass is 532 g/mol. The number of carbonyl (C=O) groups excluding carboxylic acids is 2. The number of amides is 1. The number of methoxy groups -OCH3 is 1. The lowest BCUT2D eigenvalue weighted by molar-refractivity contribution is -0.148. The zero-order chi connectivity index (χ0) is 27.4. The Labute approximate surface area is 231 Å². The van der Waals surface area contributed by atoms with E-state index < -0.39 is 6.04 Å². The molecule has 0 aromatic heterocycles. The largest absolute Gasteiger partial charge is 0.468 e. The molecule has 1 unspecified atom stereocenters. The van der Waals surface area contributed by atoms with Crippen molar-refractivity contribution in [2.45, 2.75) is 37.8 Å². The summed E-state index contributed by atoms with van der Waals surface area (Å²) < 4.78 is 5.21. The summed E-state index contributed by atoms with van der Waals surface area (Å²) >= 11 is 0. The van der Waals surface area contributed by atoms with Crippen molar-refractivity contribution >= 4 is 23.4 Å². The molecule has 3 fully saturated rings. The molecule has 2 aromatic carbocycles. The number of hydrogen-bond donors (Lipinski definition) is 2. The highest BCUT2D eigenvalue weighted by molar-refractivity contribution is 5.95. The Morgan fingerprint density at radius 1 is 0.846 bits per heavy atom. The molecule has 1 amide bonds. The molecule has 1 atom stereocenters. The topological polar surface area (TPSA) is 106 Å². The summed E-state index contributed by atoms with van der Waals surface area (Å²) in [6.45, 7) is 7.24. The molecule has 0 bridgehead atoms. The van der Waals surface area contributed by atoms with Crippen molar-refractivity contribution in [2.75, 3.05) is 64.4 Å². The Bertz CT molecular complexity index is 1150. The van der Waals surface area contributed by atoms with Crippen molar-refractivity contribution in [1.29, 1.82) is 5.41 Å². The van der Waals surface area contributed by atoms with Crippen molar-refractivity contribution < 1.29 is 14.3 Å². The Morgan fingerprint density at radius 3 is 2.00 bits per heavy atom. The minimum atomic E-state index is -0.457. The van der Waals surface area contributed by atoms with Crippen LogP contribution in [0.5, 0.6) is 0 Å². The third-order valence-corrected chi connectivity index (χ3v) is 8.53. The lowest BCUT2D eigenvalue weighted by Gasteiger charge is -2.44. The lowest BCUT2D eigenvalue weighted by Crippen LogP contribution is -2.54. The average Bonchev–Trinajstić information content (AvgIpc) is 3.53. The van der Waals surface area contributed by atoms with Gasteiger partial charge in [-0.15, -0.1) is 0 Å². The molecule has 0 aliphatic carbocycles. The summed E-state index contributed by atoms with van der Waals surface area (Å²) in [5.41, 5.74) is 9.06. The maximum Gasteiger partial charge on any atom is 0.327 e. The average molecular weight is 533 g/mol. The first kappa shape index (κ1) is 27.1. The highest BCUT2D eigenvalue weighted by Gasteiger charge is 2.34. The highest BCUT2D eigenvalue weighted by atomic mass is 16.5. The molecule has 3 aliphatic rings. The van der Waals surface area contributed by atoms with Gasteiger partial charge in [-0.25, -0.2) is 4.79 Å². The van der Waals surface area contributed by atoms with Gasteiger partial charge in [0.1, 0.15) is 11.9 Å². The van der Waals surface area contributed by atoms with Crippen LogP contribution in [0.25, 0.3) is 0 Å². The first-order valence-electron chi connectivity index (χ1n) is 14.1. The van der Waals surface area contributed by atoms with E-state index in [4.69, 9.17) is 15.9 Å². The molecular weight excluding hydrogens is 492 g/mol. The van der Waals surface area contributed by atoms with Gasteiger partial charge in [-0.3, -0.25) is 20.0 Å². The van der Waals surface area contributed by atoms with E-state index in [9.17, 15) is 9.59 Å². The molecule has 9 heteroatoms. The number of piperidine rings is 1. The number of nitrogens with two attached hydrogens (primary N) is 1. The third-order valence-electron chi connectivity index (χ3n) is 8.53. The molecule has 0 saturated carbocycles. The minimum Gasteiger partial charge on any atom is -0.468 e. The number of anilines is 1. The van der Waals surface area contributed by atoms with Gasteiger partial charge in [-0.05, 0) is 67.6 Å². The second kappa shape index (κ2) is 12.2. The van der Waals surface area contributed by atoms with Gasteiger partial charge in [-0.2, -0.15) is 0 Å². The van der Waals surface area contributed by atoms with E-state index in [-0.39, 0.29) is 17.7 Å². The SMILES string of the molecule is COC(=O)C(c1ccc(C(=O)N2CCCC2)cc1)N1CCC(N2CCN(c3ccc(C(=N)N)cc3)CC2)CC1. The second-order valence-electron chi connectivity index (χ2n) is 10.8. The van der Waals surface area contributed by atoms with Crippen LogP contribution in [0.3, 0.4) is 0 Å². The maximum absolute atomic E-state index is 12.9. The summed E-state index contributed by atoms with van der Waals surface area (Å²) in [7, 11) is 1.44. The number of ether oxygens (including phenoxy) is 1. The van der Waals surface area contributed by atoms with Crippen LogP contribution in [-0.2, 0) is 9.53 Å². The van der Waals surface area contributed by atoms with E-state index in [2.05, 4.69) is 14.7 Å². The molecule has 2 aromatic rings. The highest BCUT2D eigenvalue weighted by Crippen LogP contribution is 2.29. The van der Waals surface area contributed by atoms with E-state index in [1.807, 2.05) is 53.4 Å². The van der Waals surface area contributed by atoms with Gasteiger partial charge >= 0.3 is 5.97 Å². The van der Waals surface area contributed by atoms with Crippen molar-refractivity contribution in [2.24, 2.45) is 5.73 Å². The molecule has 5 rings (SSSR count). The van der Waals surface area contributed by atoms with Crippen LogP contribution >= 0.6 is 0 Å². The van der Waals surface area contributed by atoms with Gasteiger partial charge in [0.25, 0.3) is 5.91 Å². The smallest absolute Gasteiger partial charge is 0.327 e. The number of piperazine rings is 1. The van der Waals surface area contributed by atoms with Crippen molar-refractivity contribution in [1.82, 2.24) is 14.7 Å². The van der Waals surface area contributed by atoms with Gasteiger partial charge in [0.15, 0.2) is 0 Å². The van der Waals surface area contributed by atoms with Crippen LogP contribution in [0, 0.1) is 5.41 Å². The first-order valence-corrected chi connectivity index (χ1v) is 14.1. The summed E-state index contributed by atoms with van der Waals surface area (Å²) in [5, 5.41) is 7.58. The fourth-order valence-corrected chi connectivity index (χ4v) is 6.22. The van der Waals surface area contributed by atoms with Crippen LogP contribution in [0.2, 0.25) is 0 Å². The molecule has 3 heterocycles. The van der Waals surface area contributed by atoms with E-state index in [0.29, 0.717) is 11.6 Å². The first-order chi connectivity index (χ1) is 18.9. The van der Waals surface area contributed by atoms with Crippen LogP contribution in [0.15, 0.2) is 48.5 Å². The maximum atomic E-state index is 12.9. The zero-order valence-corrected chi connectivity index (χ0v) is 22.8. The molecule has 9 nitrogen and oxygen atoms in total. The Hall–Kier alpha value is -3.43. The van der Waals surface area contributed by atoms with Crippen LogP contribution < -0.4 is 10.6 Å². The standard InChI is InChI=1S/C30H40N6O3/c1-39-30(38)27(22-4-6-24(7-5-22)29(37)36-14-2-3-15-36)35-16-12-26(13-17-35)34-20-18-33(19-21-34)25-10-8-23(9-11-25)28(31)32/h4-11,26-27H,2-3,12-21H2,1H3,(H3,31,32). The van der Waals surface area contributed by atoms with Crippen LogP contribution in [0.4, 0.5) is 5.69 Å². The van der Waals surface area contributed by atoms with Crippen LogP contribution in [0.1, 0.15) is 53.2 Å². The predicted molar refractivity (Wildman–Crippen MR) is 152 cm³/mol. The predicted octanol–water partition coefficient (Wildman–Crippen LogP) is 2.71. The van der Waals surface area contributed by atoms with Crippen LogP contribution in [-0.4, -0.2) is 97.9 Å². The minimum absolute atomic E-state index is 0.0719. The fraction of sp³-hybridized carbons (Fsp3) is 0.500. The van der Waals surface area contributed by atoms with E-state index >= 15 is 0 Å². The van der Waals surface area contributed by atoms with E-state index in [1.54, 1.807) is 0 Å². The number of esters is 1. The Balaban J connectivity index is 1.16. The van der Waals surface area contributed by atoms with Gasteiger partial charge in [0, 0.05) is 75.2 Å². The molecule has 3 N–H and O–H groups in total. The summed E-state index contributed by atoms with van der Waals surface area (Å²) in [6, 6.07) is 15.5. The van der Waals surface area contributed by atoms with E-state index in [0.717, 1.165) is 89.2 Å². The third kappa shape index (κ3) is 6.09. The summed E-state index contributed by atoms with van der Waals surface area (Å²) in [4.78, 5) is 34.7. The molecule has 0 spiro atoms. The Kier molecular flexibility index (Phi) is 8.47. The normalized spacial score (nSPS) is 20.1. The summed E-state index contributed by atoms with van der Waals surface area (Å²) in [5.74, 6) is -0.0871. The summed E-state index contributed by atoms with van der Waals surface area (Å²) in [6.07, 6.45) is 4.14. The Morgan fingerprint density at radius 2 is 1.44 bits per heavy atom. The van der Waals surface area contributed by atoms with Gasteiger partial charge in [0.05, 0.1) is 7.11 Å². The molecule has 208 valence electrons. The number of carbonyl (C=O) groups is 2. The number of amidine groups is 1. The number of likely N-dealkylation sites (tertiary alicyclic amines) is 2. The number of benzene rings is 2.